The fourth-order valence-corrected chi connectivity index (χ4v) is 7.23. The van der Waals surface area contributed by atoms with Crippen molar-refractivity contribution in [2.24, 2.45) is 0 Å². The molecule has 0 bridgehead atoms. The first-order chi connectivity index (χ1) is 23.3. The minimum atomic E-state index is 0.905. The zero-order valence-electron chi connectivity index (χ0n) is 25.4. The Morgan fingerprint density at radius 3 is 1.66 bits per heavy atom. The van der Waals surface area contributed by atoms with Gasteiger partial charge in [0.1, 0.15) is 11.2 Å². The molecule has 218 valence electrons. The molecule has 0 fully saturated rings. The lowest BCUT2D eigenvalue weighted by atomic mass is 9.95. The molecule has 0 aliphatic carbocycles. The van der Waals surface area contributed by atoms with Gasteiger partial charge in [-0.25, -0.2) is 4.98 Å². The van der Waals surface area contributed by atoms with Crippen LogP contribution in [-0.4, -0.2) is 4.98 Å². The topological polar surface area (TPSA) is 26.0 Å². The predicted octanol–water partition coefficient (Wildman–Crippen LogP) is 12.6. The first kappa shape index (κ1) is 26.0. The van der Waals surface area contributed by atoms with Crippen molar-refractivity contribution in [2.75, 3.05) is 0 Å². The maximum Gasteiger partial charge on any atom is 0.144 e. The van der Waals surface area contributed by atoms with E-state index in [0.717, 1.165) is 54.9 Å². The monoisotopic (exact) mass is 597 g/mol. The predicted molar refractivity (Wildman–Crippen MR) is 198 cm³/mol. The molecule has 0 aliphatic rings. The summed E-state index contributed by atoms with van der Waals surface area (Å²) in [7, 11) is 0. The molecular weight excluding hydrogens is 571 g/mol. The second-order valence-electron chi connectivity index (χ2n) is 12.4. The van der Waals surface area contributed by atoms with Crippen molar-refractivity contribution >= 4 is 65.2 Å². The number of furan rings is 1. The van der Waals surface area contributed by atoms with E-state index in [1.54, 1.807) is 0 Å². The molecule has 0 atom stereocenters. The van der Waals surface area contributed by atoms with Crippen molar-refractivity contribution in [1.82, 2.24) is 4.98 Å². The van der Waals surface area contributed by atoms with E-state index in [1.165, 1.54) is 43.8 Å². The van der Waals surface area contributed by atoms with Crippen LogP contribution in [0.1, 0.15) is 0 Å². The van der Waals surface area contributed by atoms with Gasteiger partial charge in [0.15, 0.2) is 0 Å². The maximum absolute atomic E-state index is 6.50. The van der Waals surface area contributed by atoms with E-state index in [1.807, 2.05) is 12.1 Å². The van der Waals surface area contributed by atoms with Crippen LogP contribution in [0, 0.1) is 0 Å². The van der Waals surface area contributed by atoms with Crippen LogP contribution in [-0.2, 0) is 0 Å². The molecule has 0 N–H and O–H groups in total. The smallest absolute Gasteiger partial charge is 0.144 e. The molecule has 0 amide bonds. The average Bonchev–Trinajstić information content (AvgIpc) is 3.53. The number of fused-ring (bicyclic) bond motifs is 9. The van der Waals surface area contributed by atoms with Gasteiger partial charge in [0.05, 0.1) is 11.2 Å². The van der Waals surface area contributed by atoms with Gasteiger partial charge in [-0.15, -0.1) is 0 Å². The van der Waals surface area contributed by atoms with Crippen LogP contribution in [0.4, 0.5) is 0 Å². The van der Waals surface area contributed by atoms with Gasteiger partial charge in [0.25, 0.3) is 0 Å². The molecule has 8 aromatic carbocycles. The molecule has 0 aliphatic heterocycles. The number of nitrogens with zero attached hydrogens (tertiary/aromatic N) is 1. The van der Waals surface area contributed by atoms with Crippen LogP contribution in [0.2, 0.25) is 0 Å². The molecule has 0 saturated carbocycles. The Kier molecular flexibility index (Phi) is 5.61. The summed E-state index contributed by atoms with van der Waals surface area (Å²) in [5.41, 5.74) is 9.68. The van der Waals surface area contributed by atoms with Crippen LogP contribution in [0.3, 0.4) is 0 Å². The van der Waals surface area contributed by atoms with E-state index < -0.39 is 0 Å². The molecule has 2 aromatic heterocycles. The summed E-state index contributed by atoms with van der Waals surface area (Å²) in [6.45, 7) is 0. The number of benzene rings is 8. The van der Waals surface area contributed by atoms with Gasteiger partial charge < -0.3 is 4.42 Å². The Labute approximate surface area is 271 Å². The largest absolute Gasteiger partial charge is 0.455 e. The van der Waals surface area contributed by atoms with Gasteiger partial charge >= 0.3 is 0 Å². The molecule has 10 aromatic rings. The van der Waals surface area contributed by atoms with E-state index in [0.29, 0.717) is 0 Å². The quantitative estimate of drug-likeness (QED) is 0.189. The lowest BCUT2D eigenvalue weighted by molar-refractivity contribution is 0.673. The molecular formula is C45H27NO. The fraction of sp³-hybridized carbons (Fsp3) is 0. The summed E-state index contributed by atoms with van der Waals surface area (Å²) >= 11 is 0. The zero-order chi connectivity index (χ0) is 30.9. The van der Waals surface area contributed by atoms with Crippen LogP contribution >= 0.6 is 0 Å². The fourth-order valence-electron chi connectivity index (χ4n) is 7.23. The van der Waals surface area contributed by atoms with Crippen molar-refractivity contribution < 1.29 is 4.42 Å². The molecule has 2 nitrogen and oxygen atoms in total. The van der Waals surface area contributed by atoms with Gasteiger partial charge in [-0.2, -0.15) is 0 Å². The van der Waals surface area contributed by atoms with Crippen LogP contribution in [0.25, 0.3) is 98.7 Å². The molecule has 0 radical (unpaired) electrons. The van der Waals surface area contributed by atoms with Crippen LogP contribution in [0.5, 0.6) is 0 Å². The van der Waals surface area contributed by atoms with Crippen molar-refractivity contribution in [2.45, 2.75) is 0 Å². The standard InChI is InChI=1S/C45H27NO/c1-2-8-31-25-33(18-15-28(31)7-1)36-22-21-34-26-32(19-20-35(34)27-36)29-13-16-30(17-14-29)44-40-24-23-38-37-9-4-6-12-42(37)47-45(38)43(40)39-10-3-5-11-41(39)46-44/h1-27H. The number of rotatable bonds is 3. The first-order valence-electron chi connectivity index (χ1n) is 16.0. The highest BCUT2D eigenvalue weighted by Gasteiger charge is 2.17. The molecule has 2 heteroatoms. The Morgan fingerprint density at radius 2 is 0.894 bits per heavy atom. The normalized spacial score (nSPS) is 11.8. The molecule has 0 spiro atoms. The zero-order valence-corrected chi connectivity index (χ0v) is 25.4. The Hall–Kier alpha value is -6.25. The highest BCUT2D eigenvalue weighted by Crippen LogP contribution is 2.41. The summed E-state index contributed by atoms with van der Waals surface area (Å²) in [5, 5.41) is 10.6. The number of pyridine rings is 1. The third-order valence-electron chi connectivity index (χ3n) is 9.62. The number of aromatic nitrogens is 1. The molecule has 10 rings (SSSR count). The number of hydrogen-bond donors (Lipinski definition) is 0. The highest BCUT2D eigenvalue weighted by atomic mass is 16.3. The third-order valence-corrected chi connectivity index (χ3v) is 9.62. The SMILES string of the molecule is c1ccc2cc(-c3ccc4cc(-c5ccc(-c6nc7ccccc7c7c6ccc6c8ccccc8oc67)cc5)ccc4c3)ccc2c1. The van der Waals surface area contributed by atoms with Gasteiger partial charge in [-0.05, 0) is 80.2 Å². The van der Waals surface area contributed by atoms with Gasteiger partial charge in [-0.3, -0.25) is 0 Å². The first-order valence-corrected chi connectivity index (χ1v) is 16.0. The van der Waals surface area contributed by atoms with Crippen LogP contribution in [0.15, 0.2) is 168 Å². The van der Waals surface area contributed by atoms with E-state index in [4.69, 9.17) is 9.40 Å². The molecule has 47 heavy (non-hydrogen) atoms. The summed E-state index contributed by atoms with van der Waals surface area (Å²) in [6, 6.07) is 58.6. The molecule has 0 saturated heterocycles. The number of para-hydroxylation sites is 2. The van der Waals surface area contributed by atoms with Gasteiger partial charge in [-0.1, -0.05) is 127 Å². The minimum absolute atomic E-state index is 0.905. The van der Waals surface area contributed by atoms with Crippen molar-refractivity contribution in [3.8, 4) is 33.5 Å². The third kappa shape index (κ3) is 4.16. The highest BCUT2D eigenvalue weighted by molar-refractivity contribution is 6.24. The number of hydrogen-bond acceptors (Lipinski definition) is 2. The van der Waals surface area contributed by atoms with E-state index in [-0.39, 0.29) is 0 Å². The van der Waals surface area contributed by atoms with E-state index in [2.05, 4.69) is 152 Å². The lowest BCUT2D eigenvalue weighted by Crippen LogP contribution is -1.90. The summed E-state index contributed by atoms with van der Waals surface area (Å²) in [4.78, 5) is 5.19. The summed E-state index contributed by atoms with van der Waals surface area (Å²) in [5.74, 6) is 0. The minimum Gasteiger partial charge on any atom is -0.455 e. The van der Waals surface area contributed by atoms with E-state index in [9.17, 15) is 0 Å². The van der Waals surface area contributed by atoms with Crippen LogP contribution < -0.4 is 0 Å². The summed E-state index contributed by atoms with van der Waals surface area (Å²) < 4.78 is 6.50. The van der Waals surface area contributed by atoms with Crippen molar-refractivity contribution in [1.29, 1.82) is 0 Å². The van der Waals surface area contributed by atoms with Crippen molar-refractivity contribution in [3.05, 3.63) is 164 Å². The second-order valence-corrected chi connectivity index (χ2v) is 12.4. The van der Waals surface area contributed by atoms with Gasteiger partial charge in [0, 0.05) is 32.5 Å². The van der Waals surface area contributed by atoms with E-state index >= 15 is 0 Å². The maximum atomic E-state index is 6.50. The van der Waals surface area contributed by atoms with Crippen molar-refractivity contribution in [3.63, 3.8) is 0 Å². The average molecular weight is 598 g/mol. The van der Waals surface area contributed by atoms with Gasteiger partial charge in [0.2, 0.25) is 0 Å². The molecule has 2 heterocycles. The Bertz CT molecular complexity index is 2840. The lowest BCUT2D eigenvalue weighted by Gasteiger charge is -2.12. The summed E-state index contributed by atoms with van der Waals surface area (Å²) in [6.07, 6.45) is 0. The molecule has 0 unspecified atom stereocenters. The second kappa shape index (κ2) is 10.1. The Balaban J connectivity index is 1.04. The Morgan fingerprint density at radius 1 is 0.362 bits per heavy atom.